The lowest BCUT2D eigenvalue weighted by Crippen LogP contribution is -2.06. The molecule has 0 atom stereocenters. The molecule has 0 saturated heterocycles. The van der Waals surface area contributed by atoms with Crippen molar-refractivity contribution in [1.29, 1.82) is 0 Å². The first-order valence-corrected chi connectivity index (χ1v) is 7.33. The third-order valence-corrected chi connectivity index (χ3v) is 4.40. The fraction of sp³-hybridized carbons (Fsp3) is 0.133. The largest absolute Gasteiger partial charge is 0.496 e. The molecule has 0 spiro atoms. The van der Waals surface area contributed by atoms with Crippen molar-refractivity contribution in [3.8, 4) is 5.75 Å². The summed E-state index contributed by atoms with van der Waals surface area (Å²) in [6.07, 6.45) is 0. The lowest BCUT2D eigenvalue weighted by Gasteiger charge is -2.12. The maximum atomic E-state index is 12.7. The van der Waals surface area contributed by atoms with E-state index in [1.807, 2.05) is 6.92 Å². The van der Waals surface area contributed by atoms with Crippen molar-refractivity contribution in [2.45, 2.75) is 6.92 Å². The maximum Gasteiger partial charge on any atom is 0.199 e. The summed E-state index contributed by atoms with van der Waals surface area (Å²) in [5, 5.41) is 0.641. The van der Waals surface area contributed by atoms with Gasteiger partial charge < -0.3 is 4.74 Å². The second-order valence-electron chi connectivity index (χ2n) is 4.23. The number of carbonyl (C=O) groups excluding carboxylic acids is 1. The van der Waals surface area contributed by atoms with Crippen LogP contribution in [0.2, 0.25) is 10.0 Å². The third kappa shape index (κ3) is 2.85. The van der Waals surface area contributed by atoms with Crippen molar-refractivity contribution >= 4 is 44.9 Å². The highest BCUT2D eigenvalue weighted by Gasteiger charge is 2.21. The number of aryl methyl sites for hydroxylation is 1. The molecule has 2 aromatic rings. The molecule has 0 aromatic heterocycles. The Kier molecular flexibility index (Phi) is 4.74. The lowest BCUT2D eigenvalue weighted by atomic mass is 10.0. The van der Waals surface area contributed by atoms with Gasteiger partial charge in [-0.25, -0.2) is 0 Å². The summed E-state index contributed by atoms with van der Waals surface area (Å²) in [6.45, 7) is 1.92. The molecule has 0 aliphatic heterocycles. The van der Waals surface area contributed by atoms with Crippen LogP contribution in [0.4, 0.5) is 0 Å². The minimum absolute atomic E-state index is 0.266. The summed E-state index contributed by atoms with van der Waals surface area (Å²) in [5.41, 5.74) is 1.67. The number of benzene rings is 2. The summed E-state index contributed by atoms with van der Waals surface area (Å²) in [5.74, 6) is 0.227. The number of hydrogen-bond acceptors (Lipinski definition) is 2. The summed E-state index contributed by atoms with van der Waals surface area (Å²) >= 11 is 15.6. The van der Waals surface area contributed by atoms with Crippen molar-refractivity contribution in [3.05, 3.63) is 61.5 Å². The second kappa shape index (κ2) is 6.17. The van der Waals surface area contributed by atoms with Crippen molar-refractivity contribution in [2.24, 2.45) is 0 Å². The van der Waals surface area contributed by atoms with Gasteiger partial charge in [-0.3, -0.25) is 4.79 Å². The van der Waals surface area contributed by atoms with E-state index in [4.69, 9.17) is 27.9 Å². The average Bonchev–Trinajstić information content (AvgIpc) is 2.41. The Hall–Kier alpha value is -1.03. The maximum absolute atomic E-state index is 12.7. The zero-order valence-electron chi connectivity index (χ0n) is 10.8. The predicted molar refractivity (Wildman–Crippen MR) is 85.3 cm³/mol. The van der Waals surface area contributed by atoms with Gasteiger partial charge in [0.25, 0.3) is 0 Å². The molecule has 0 amide bonds. The first-order valence-electron chi connectivity index (χ1n) is 5.78. The van der Waals surface area contributed by atoms with Crippen molar-refractivity contribution in [2.75, 3.05) is 7.11 Å². The van der Waals surface area contributed by atoms with Gasteiger partial charge in [-0.2, -0.15) is 0 Å². The Balaban J connectivity index is 2.62. The zero-order chi connectivity index (χ0) is 14.9. The molecule has 0 bridgehead atoms. The number of carbonyl (C=O) groups is 1. The lowest BCUT2D eigenvalue weighted by molar-refractivity contribution is 0.103. The Morgan fingerprint density at radius 1 is 1.20 bits per heavy atom. The number of ketones is 1. The number of rotatable bonds is 3. The molecule has 0 fully saturated rings. The molecule has 0 aliphatic rings. The van der Waals surface area contributed by atoms with Gasteiger partial charge in [0.05, 0.1) is 28.3 Å². The van der Waals surface area contributed by atoms with Crippen molar-refractivity contribution in [3.63, 3.8) is 0 Å². The molecule has 20 heavy (non-hydrogen) atoms. The second-order valence-corrected chi connectivity index (χ2v) is 5.90. The van der Waals surface area contributed by atoms with Gasteiger partial charge in [0.2, 0.25) is 0 Å². The van der Waals surface area contributed by atoms with Gasteiger partial charge >= 0.3 is 0 Å². The van der Waals surface area contributed by atoms with E-state index >= 15 is 0 Å². The van der Waals surface area contributed by atoms with Crippen LogP contribution in [0.3, 0.4) is 0 Å². The number of ether oxygens (including phenoxy) is 1. The van der Waals surface area contributed by atoms with Gasteiger partial charge in [0.1, 0.15) is 5.75 Å². The molecule has 2 nitrogen and oxygen atoms in total. The van der Waals surface area contributed by atoms with Crippen LogP contribution >= 0.6 is 39.1 Å². The Bertz CT molecular complexity index is 664. The fourth-order valence-electron chi connectivity index (χ4n) is 1.85. The number of hydrogen-bond donors (Lipinski definition) is 0. The average molecular weight is 374 g/mol. The minimum Gasteiger partial charge on any atom is -0.496 e. The van der Waals surface area contributed by atoms with Crippen molar-refractivity contribution in [1.82, 2.24) is 0 Å². The van der Waals surface area contributed by atoms with E-state index in [2.05, 4.69) is 15.9 Å². The summed E-state index contributed by atoms with van der Waals surface area (Å²) < 4.78 is 6.10. The van der Waals surface area contributed by atoms with Crippen LogP contribution in [-0.4, -0.2) is 12.9 Å². The molecule has 5 heteroatoms. The fourth-order valence-corrected chi connectivity index (χ4v) is 2.76. The molecule has 0 saturated carbocycles. The van der Waals surface area contributed by atoms with Gasteiger partial charge in [0, 0.05) is 4.47 Å². The van der Waals surface area contributed by atoms with Gasteiger partial charge in [-0.1, -0.05) is 45.2 Å². The van der Waals surface area contributed by atoms with E-state index < -0.39 is 0 Å². The van der Waals surface area contributed by atoms with E-state index in [1.165, 1.54) is 7.11 Å². The van der Waals surface area contributed by atoms with Crippen LogP contribution in [0.5, 0.6) is 5.75 Å². The molecule has 2 rings (SSSR count). The van der Waals surface area contributed by atoms with Crippen LogP contribution in [0.1, 0.15) is 21.5 Å². The molecule has 0 radical (unpaired) electrons. The summed E-state index contributed by atoms with van der Waals surface area (Å²) in [7, 11) is 1.52. The van der Waals surface area contributed by atoms with E-state index in [1.54, 1.807) is 30.3 Å². The van der Waals surface area contributed by atoms with Crippen LogP contribution in [0.25, 0.3) is 0 Å². The molecule has 0 heterocycles. The first-order chi connectivity index (χ1) is 9.45. The van der Waals surface area contributed by atoms with Gasteiger partial charge in [-0.05, 0) is 36.8 Å². The number of methoxy groups -OCH3 is 1. The van der Waals surface area contributed by atoms with Crippen LogP contribution < -0.4 is 4.74 Å². The van der Waals surface area contributed by atoms with Crippen molar-refractivity contribution < 1.29 is 9.53 Å². The molecule has 0 aliphatic carbocycles. The van der Waals surface area contributed by atoms with E-state index in [-0.39, 0.29) is 11.3 Å². The van der Waals surface area contributed by atoms with Crippen LogP contribution in [0.15, 0.2) is 34.8 Å². The third-order valence-electron chi connectivity index (χ3n) is 2.92. The van der Waals surface area contributed by atoms with E-state index in [0.29, 0.717) is 21.4 Å². The Morgan fingerprint density at radius 3 is 2.35 bits per heavy atom. The number of halogens is 3. The highest BCUT2D eigenvalue weighted by molar-refractivity contribution is 9.10. The minimum atomic E-state index is -0.266. The SMILES string of the molecule is COc1cc(C)c(Br)cc1C(=O)c1c(Cl)cccc1Cl. The van der Waals surface area contributed by atoms with Gasteiger partial charge in [-0.15, -0.1) is 0 Å². The topological polar surface area (TPSA) is 26.3 Å². The monoisotopic (exact) mass is 372 g/mol. The highest BCUT2D eigenvalue weighted by Crippen LogP contribution is 2.33. The summed E-state index contributed by atoms with van der Waals surface area (Å²) in [6, 6.07) is 8.48. The normalized spacial score (nSPS) is 10.4. The molecule has 104 valence electrons. The molecular weight excluding hydrogens is 363 g/mol. The van der Waals surface area contributed by atoms with Crippen LogP contribution in [0, 0.1) is 6.92 Å². The molecule has 0 unspecified atom stereocenters. The smallest absolute Gasteiger partial charge is 0.199 e. The summed E-state index contributed by atoms with van der Waals surface area (Å²) in [4.78, 5) is 12.7. The standard InChI is InChI=1S/C15H11BrCl2O2/c1-8-6-13(20-2)9(7-10(8)16)15(19)14-11(17)4-3-5-12(14)18/h3-7H,1-2H3. The molecular formula is C15H11BrCl2O2. The molecule has 2 aromatic carbocycles. The quantitative estimate of drug-likeness (QED) is 0.682. The predicted octanol–water partition coefficient (Wildman–Crippen LogP) is 5.30. The van der Waals surface area contributed by atoms with E-state index in [9.17, 15) is 4.79 Å². The Labute approximate surface area is 135 Å². The highest BCUT2D eigenvalue weighted by atomic mass is 79.9. The zero-order valence-corrected chi connectivity index (χ0v) is 13.9. The van der Waals surface area contributed by atoms with Gasteiger partial charge in [0.15, 0.2) is 5.78 Å². The van der Waals surface area contributed by atoms with E-state index in [0.717, 1.165) is 10.0 Å². The Morgan fingerprint density at radius 2 is 1.80 bits per heavy atom. The van der Waals surface area contributed by atoms with Crippen LogP contribution in [-0.2, 0) is 0 Å². The first kappa shape index (κ1) is 15.4. The molecule has 0 N–H and O–H groups in total.